The van der Waals surface area contributed by atoms with Crippen LogP contribution < -0.4 is 5.32 Å². The number of hydrogen-bond acceptors (Lipinski definition) is 5. The maximum absolute atomic E-state index is 10.5. The molecule has 1 aromatic rings. The first-order chi connectivity index (χ1) is 8.09. The van der Waals surface area contributed by atoms with Crippen LogP contribution in [0.25, 0.3) is 0 Å². The number of aromatic nitrogens is 2. The molecule has 0 aliphatic rings. The Kier molecular flexibility index (Phi) is 5.76. The number of nitrogens with one attached hydrogen (secondary N) is 1. The molecule has 0 saturated heterocycles. The van der Waals surface area contributed by atoms with E-state index in [2.05, 4.69) is 29.1 Å². The number of nitrogens with zero attached hydrogens (tertiary/aromatic N) is 2. The molecule has 0 bridgehead atoms. The van der Waals surface area contributed by atoms with Crippen molar-refractivity contribution >= 4 is 23.5 Å². The summed E-state index contributed by atoms with van der Waals surface area (Å²) in [7, 11) is 0. The molecule has 0 unspecified atom stereocenters. The SMILES string of the molecule is CC(C)CSCCNc1cnc(C(=O)O)cn1. The van der Waals surface area contributed by atoms with Gasteiger partial charge in [-0.3, -0.25) is 0 Å². The van der Waals surface area contributed by atoms with E-state index in [-0.39, 0.29) is 5.69 Å². The van der Waals surface area contributed by atoms with Gasteiger partial charge in [0.15, 0.2) is 5.69 Å². The molecule has 0 spiro atoms. The van der Waals surface area contributed by atoms with Crippen molar-refractivity contribution in [2.75, 3.05) is 23.4 Å². The molecule has 0 radical (unpaired) electrons. The lowest BCUT2D eigenvalue weighted by Gasteiger charge is -2.06. The molecule has 0 amide bonds. The summed E-state index contributed by atoms with van der Waals surface area (Å²) in [4.78, 5) is 18.3. The average Bonchev–Trinajstić information content (AvgIpc) is 2.29. The highest BCUT2D eigenvalue weighted by Crippen LogP contribution is 2.07. The maximum atomic E-state index is 10.5. The van der Waals surface area contributed by atoms with E-state index < -0.39 is 5.97 Å². The molecule has 6 heteroatoms. The third kappa shape index (κ3) is 5.53. The number of carboxylic acids is 1. The van der Waals surface area contributed by atoms with E-state index in [4.69, 9.17) is 5.11 Å². The fourth-order valence-corrected chi connectivity index (χ4v) is 1.98. The van der Waals surface area contributed by atoms with E-state index >= 15 is 0 Å². The van der Waals surface area contributed by atoms with Gasteiger partial charge in [0.1, 0.15) is 5.82 Å². The Balaban J connectivity index is 2.25. The standard InChI is InChI=1S/C11H17N3O2S/c1-8(2)7-17-4-3-12-10-6-13-9(5-14-10)11(15)16/h5-6,8H,3-4,7H2,1-2H3,(H,12,14)(H,15,16). The summed E-state index contributed by atoms with van der Waals surface area (Å²) >= 11 is 1.88. The topological polar surface area (TPSA) is 75.1 Å². The molecule has 1 rings (SSSR count). The molecule has 94 valence electrons. The molecule has 0 aromatic carbocycles. The van der Waals surface area contributed by atoms with Crippen LogP contribution in [0.15, 0.2) is 12.4 Å². The Morgan fingerprint density at radius 2 is 2.24 bits per heavy atom. The zero-order valence-corrected chi connectivity index (χ0v) is 10.8. The van der Waals surface area contributed by atoms with Gasteiger partial charge >= 0.3 is 5.97 Å². The van der Waals surface area contributed by atoms with Gasteiger partial charge < -0.3 is 10.4 Å². The van der Waals surface area contributed by atoms with Gasteiger partial charge in [0, 0.05) is 12.3 Å². The highest BCUT2D eigenvalue weighted by molar-refractivity contribution is 7.99. The molecule has 0 saturated carbocycles. The quantitative estimate of drug-likeness (QED) is 0.726. The number of hydrogen-bond donors (Lipinski definition) is 2. The number of carbonyl (C=O) groups is 1. The fourth-order valence-electron chi connectivity index (χ4n) is 1.10. The highest BCUT2D eigenvalue weighted by Gasteiger charge is 2.04. The third-order valence-electron chi connectivity index (χ3n) is 1.87. The summed E-state index contributed by atoms with van der Waals surface area (Å²) in [6, 6.07) is 0. The van der Waals surface area contributed by atoms with Crippen molar-refractivity contribution < 1.29 is 9.90 Å². The Morgan fingerprint density at radius 1 is 1.47 bits per heavy atom. The lowest BCUT2D eigenvalue weighted by molar-refractivity contribution is 0.0690. The van der Waals surface area contributed by atoms with Crippen molar-refractivity contribution in [1.29, 1.82) is 0 Å². The van der Waals surface area contributed by atoms with Crippen LogP contribution in [0, 0.1) is 5.92 Å². The second-order valence-electron chi connectivity index (χ2n) is 3.99. The first kappa shape index (κ1) is 13.8. The smallest absolute Gasteiger partial charge is 0.356 e. The van der Waals surface area contributed by atoms with E-state index in [1.54, 1.807) is 0 Å². The van der Waals surface area contributed by atoms with Gasteiger partial charge in [-0.1, -0.05) is 13.8 Å². The molecule has 0 fully saturated rings. The first-order valence-corrected chi connectivity index (χ1v) is 6.62. The largest absolute Gasteiger partial charge is 0.476 e. The number of anilines is 1. The van der Waals surface area contributed by atoms with E-state index in [9.17, 15) is 4.79 Å². The van der Waals surface area contributed by atoms with E-state index in [0.717, 1.165) is 18.1 Å². The predicted octanol–water partition coefficient (Wildman–Crippen LogP) is 1.98. The maximum Gasteiger partial charge on any atom is 0.356 e. The molecular weight excluding hydrogens is 238 g/mol. The molecule has 17 heavy (non-hydrogen) atoms. The molecule has 1 aromatic heterocycles. The van der Waals surface area contributed by atoms with Crippen molar-refractivity contribution in [2.24, 2.45) is 5.92 Å². The van der Waals surface area contributed by atoms with Crippen LogP contribution in [0.4, 0.5) is 5.82 Å². The van der Waals surface area contributed by atoms with Gasteiger partial charge in [-0.25, -0.2) is 14.8 Å². The minimum absolute atomic E-state index is 0.0373. The molecule has 0 atom stereocenters. The van der Waals surface area contributed by atoms with Gasteiger partial charge in [0.25, 0.3) is 0 Å². The van der Waals surface area contributed by atoms with Crippen LogP contribution in [0.2, 0.25) is 0 Å². The highest BCUT2D eigenvalue weighted by atomic mass is 32.2. The Hall–Kier alpha value is -1.30. The molecular formula is C11H17N3O2S. The van der Waals surface area contributed by atoms with Crippen LogP contribution in [0.5, 0.6) is 0 Å². The summed E-state index contributed by atoms with van der Waals surface area (Å²) in [6.07, 6.45) is 2.70. The Labute approximate surface area is 105 Å². The predicted molar refractivity (Wildman–Crippen MR) is 69.6 cm³/mol. The Morgan fingerprint density at radius 3 is 2.76 bits per heavy atom. The molecule has 0 aliphatic carbocycles. The second-order valence-corrected chi connectivity index (χ2v) is 5.14. The number of thioether (sulfide) groups is 1. The van der Waals surface area contributed by atoms with Crippen molar-refractivity contribution in [3.63, 3.8) is 0 Å². The fraction of sp³-hybridized carbons (Fsp3) is 0.545. The van der Waals surface area contributed by atoms with Crippen LogP contribution in [0.1, 0.15) is 24.3 Å². The van der Waals surface area contributed by atoms with Gasteiger partial charge in [-0.15, -0.1) is 0 Å². The van der Waals surface area contributed by atoms with Gasteiger partial charge in [-0.05, 0) is 11.7 Å². The van der Waals surface area contributed by atoms with Crippen molar-refractivity contribution in [3.05, 3.63) is 18.1 Å². The minimum atomic E-state index is -1.06. The van der Waals surface area contributed by atoms with Crippen molar-refractivity contribution in [3.8, 4) is 0 Å². The lowest BCUT2D eigenvalue weighted by atomic mass is 10.3. The minimum Gasteiger partial charge on any atom is -0.476 e. The van der Waals surface area contributed by atoms with Crippen LogP contribution in [-0.4, -0.2) is 39.1 Å². The average molecular weight is 255 g/mol. The monoisotopic (exact) mass is 255 g/mol. The second kappa shape index (κ2) is 7.11. The van der Waals surface area contributed by atoms with E-state index in [1.165, 1.54) is 12.4 Å². The van der Waals surface area contributed by atoms with Crippen LogP contribution >= 0.6 is 11.8 Å². The summed E-state index contributed by atoms with van der Waals surface area (Å²) in [5.74, 6) is 2.40. The molecule has 0 aliphatic heterocycles. The Bertz CT molecular complexity index is 354. The van der Waals surface area contributed by atoms with E-state index in [1.807, 2.05) is 11.8 Å². The van der Waals surface area contributed by atoms with Gasteiger partial charge in [0.05, 0.1) is 12.4 Å². The van der Waals surface area contributed by atoms with Crippen LogP contribution in [0.3, 0.4) is 0 Å². The zero-order valence-electron chi connectivity index (χ0n) is 10.0. The molecule has 2 N–H and O–H groups in total. The number of aromatic carboxylic acids is 1. The molecule has 5 nitrogen and oxygen atoms in total. The van der Waals surface area contributed by atoms with Crippen molar-refractivity contribution in [2.45, 2.75) is 13.8 Å². The van der Waals surface area contributed by atoms with Crippen LogP contribution in [-0.2, 0) is 0 Å². The van der Waals surface area contributed by atoms with E-state index in [0.29, 0.717) is 11.7 Å². The van der Waals surface area contributed by atoms with Gasteiger partial charge in [-0.2, -0.15) is 11.8 Å². The zero-order chi connectivity index (χ0) is 12.7. The number of carboxylic acid groups (broad SMARTS) is 1. The summed E-state index contributed by atoms with van der Waals surface area (Å²) in [5, 5.41) is 11.7. The number of rotatable bonds is 7. The molecule has 1 heterocycles. The normalized spacial score (nSPS) is 10.5. The first-order valence-electron chi connectivity index (χ1n) is 5.46. The van der Waals surface area contributed by atoms with Crippen molar-refractivity contribution in [1.82, 2.24) is 9.97 Å². The van der Waals surface area contributed by atoms with Gasteiger partial charge in [0.2, 0.25) is 0 Å². The lowest BCUT2D eigenvalue weighted by Crippen LogP contribution is -2.08. The summed E-state index contributed by atoms with van der Waals surface area (Å²) in [5.41, 5.74) is -0.0373. The summed E-state index contributed by atoms with van der Waals surface area (Å²) in [6.45, 7) is 5.19. The summed E-state index contributed by atoms with van der Waals surface area (Å²) < 4.78 is 0. The third-order valence-corrected chi connectivity index (χ3v) is 3.27.